The second-order valence-electron chi connectivity index (χ2n) is 5.53. The first-order valence-electron chi connectivity index (χ1n) is 7.28. The molecule has 3 rings (SSSR count). The monoisotopic (exact) mass is 341 g/mol. The minimum Gasteiger partial charge on any atom is -0.496 e. The molecule has 0 radical (unpaired) electrons. The van der Waals surface area contributed by atoms with Gasteiger partial charge in [0.15, 0.2) is 0 Å². The highest BCUT2D eigenvalue weighted by atomic mass is 19.4. The van der Waals surface area contributed by atoms with E-state index in [4.69, 9.17) is 15.2 Å². The summed E-state index contributed by atoms with van der Waals surface area (Å²) in [5, 5.41) is 0. The van der Waals surface area contributed by atoms with Crippen molar-refractivity contribution < 1.29 is 27.0 Å². The lowest BCUT2D eigenvalue weighted by molar-refractivity contribution is -0.138. The van der Waals surface area contributed by atoms with E-state index in [9.17, 15) is 17.6 Å². The zero-order valence-corrected chi connectivity index (χ0v) is 12.8. The van der Waals surface area contributed by atoms with Crippen LogP contribution in [0.25, 0.3) is 11.1 Å². The van der Waals surface area contributed by atoms with Crippen LogP contribution >= 0.6 is 0 Å². The Balaban J connectivity index is 2.14. The van der Waals surface area contributed by atoms with E-state index in [1.165, 1.54) is 31.4 Å². The van der Waals surface area contributed by atoms with Gasteiger partial charge in [-0.15, -0.1) is 0 Å². The fraction of sp³-hybridized carbons (Fsp3) is 0.294. The molecule has 24 heavy (non-hydrogen) atoms. The average Bonchev–Trinajstić information content (AvgIpc) is 2.95. The number of rotatable bonds is 3. The molecule has 0 aromatic heterocycles. The van der Waals surface area contributed by atoms with Crippen molar-refractivity contribution in [1.82, 2.24) is 0 Å². The number of halogens is 4. The van der Waals surface area contributed by atoms with E-state index >= 15 is 0 Å². The molecule has 0 aliphatic carbocycles. The Labute approximate surface area is 136 Å². The molecule has 0 fully saturated rings. The van der Waals surface area contributed by atoms with E-state index in [1.54, 1.807) is 0 Å². The van der Waals surface area contributed by atoms with Crippen LogP contribution in [-0.2, 0) is 12.6 Å². The number of methoxy groups -OCH3 is 1. The molecule has 3 nitrogen and oxygen atoms in total. The van der Waals surface area contributed by atoms with Crippen LogP contribution in [0.4, 0.5) is 17.6 Å². The number of hydrogen-bond acceptors (Lipinski definition) is 3. The Kier molecular flexibility index (Phi) is 4.13. The van der Waals surface area contributed by atoms with Crippen LogP contribution in [0.3, 0.4) is 0 Å². The smallest absolute Gasteiger partial charge is 0.419 e. The number of nitrogens with two attached hydrogens (primary N) is 1. The summed E-state index contributed by atoms with van der Waals surface area (Å²) in [6.45, 7) is 0.242. The summed E-state index contributed by atoms with van der Waals surface area (Å²) in [6, 6.07) is 6.09. The van der Waals surface area contributed by atoms with Crippen LogP contribution in [0.1, 0.15) is 11.1 Å². The van der Waals surface area contributed by atoms with Crippen molar-refractivity contribution >= 4 is 0 Å². The topological polar surface area (TPSA) is 44.5 Å². The van der Waals surface area contributed by atoms with Gasteiger partial charge in [-0.1, -0.05) is 6.07 Å². The van der Waals surface area contributed by atoms with Crippen molar-refractivity contribution in [3.63, 3.8) is 0 Å². The van der Waals surface area contributed by atoms with Crippen molar-refractivity contribution in [2.45, 2.75) is 18.7 Å². The van der Waals surface area contributed by atoms with Crippen molar-refractivity contribution in [3.8, 4) is 22.6 Å². The molecule has 1 aliphatic rings. The summed E-state index contributed by atoms with van der Waals surface area (Å²) in [5.41, 5.74) is 5.73. The maximum Gasteiger partial charge on any atom is 0.419 e. The Morgan fingerprint density at radius 2 is 2.00 bits per heavy atom. The van der Waals surface area contributed by atoms with Crippen LogP contribution in [0.5, 0.6) is 11.5 Å². The molecule has 2 aromatic carbocycles. The van der Waals surface area contributed by atoms with E-state index < -0.39 is 17.6 Å². The van der Waals surface area contributed by atoms with Gasteiger partial charge in [0.05, 0.1) is 12.7 Å². The summed E-state index contributed by atoms with van der Waals surface area (Å²) >= 11 is 0. The molecule has 128 valence electrons. The largest absolute Gasteiger partial charge is 0.496 e. The number of hydrogen-bond donors (Lipinski definition) is 1. The summed E-state index contributed by atoms with van der Waals surface area (Å²) in [6.07, 6.45) is -4.46. The molecule has 7 heteroatoms. The summed E-state index contributed by atoms with van der Waals surface area (Å²) in [4.78, 5) is 0. The van der Waals surface area contributed by atoms with Gasteiger partial charge in [-0.2, -0.15) is 13.2 Å². The molecule has 0 amide bonds. The highest BCUT2D eigenvalue weighted by molar-refractivity contribution is 5.74. The molecule has 0 saturated heterocycles. The van der Waals surface area contributed by atoms with E-state index in [1.807, 2.05) is 0 Å². The Bertz CT molecular complexity index is 774. The molecule has 0 spiro atoms. The lowest BCUT2D eigenvalue weighted by atomic mass is 9.98. The van der Waals surface area contributed by atoms with E-state index in [-0.39, 0.29) is 29.5 Å². The number of benzene rings is 2. The Hall–Kier alpha value is -2.28. The molecule has 2 N–H and O–H groups in total. The summed E-state index contributed by atoms with van der Waals surface area (Å²) in [5.74, 6) is -0.445. The first-order chi connectivity index (χ1) is 11.3. The van der Waals surface area contributed by atoms with Crippen molar-refractivity contribution in [2.75, 3.05) is 13.7 Å². The highest BCUT2D eigenvalue weighted by Crippen LogP contribution is 2.43. The quantitative estimate of drug-likeness (QED) is 0.864. The standard InChI is InChI=1S/C17H15F4NO2/c1-23-15-3-2-9(6-14(15)17(19,20)21)13-7-11(18)4-10-5-12(8-22)24-16(10)13/h2-4,6-7,12H,5,8,22H2,1H3/t12-/m1/s1. The molecular formula is C17H15F4NO2. The molecule has 1 heterocycles. The SMILES string of the molecule is COc1ccc(-c2cc(F)cc3c2O[C@@H](CN)C3)cc1C(F)(F)F. The molecule has 1 aliphatic heterocycles. The third-order valence-corrected chi connectivity index (χ3v) is 3.94. The number of alkyl halides is 3. The lowest BCUT2D eigenvalue weighted by Crippen LogP contribution is -2.24. The van der Waals surface area contributed by atoms with Crippen LogP contribution in [0.2, 0.25) is 0 Å². The van der Waals surface area contributed by atoms with Crippen LogP contribution in [-0.4, -0.2) is 19.8 Å². The predicted octanol–water partition coefficient (Wildman–Crippen LogP) is 3.78. The molecule has 2 aromatic rings. The van der Waals surface area contributed by atoms with Crippen LogP contribution in [0.15, 0.2) is 30.3 Å². The molecule has 0 unspecified atom stereocenters. The molecule has 1 atom stereocenters. The first kappa shape index (κ1) is 16.6. The second-order valence-corrected chi connectivity index (χ2v) is 5.53. The molecular weight excluding hydrogens is 326 g/mol. The summed E-state index contributed by atoms with van der Waals surface area (Å²) in [7, 11) is 1.17. The van der Waals surface area contributed by atoms with Gasteiger partial charge in [-0.3, -0.25) is 0 Å². The van der Waals surface area contributed by atoms with Crippen molar-refractivity contribution in [1.29, 1.82) is 0 Å². The van der Waals surface area contributed by atoms with E-state index in [0.717, 1.165) is 6.07 Å². The summed E-state index contributed by atoms with van der Waals surface area (Å²) < 4.78 is 63.9. The van der Waals surface area contributed by atoms with Gasteiger partial charge in [0.2, 0.25) is 0 Å². The third kappa shape index (κ3) is 2.91. The van der Waals surface area contributed by atoms with Crippen molar-refractivity contribution in [2.24, 2.45) is 5.73 Å². The zero-order chi connectivity index (χ0) is 17.5. The van der Waals surface area contributed by atoms with Gasteiger partial charge in [0.1, 0.15) is 23.4 Å². The average molecular weight is 341 g/mol. The number of fused-ring (bicyclic) bond motifs is 1. The van der Waals surface area contributed by atoms with Crippen LogP contribution in [0, 0.1) is 5.82 Å². The fourth-order valence-electron chi connectivity index (χ4n) is 2.84. The minimum atomic E-state index is -4.58. The lowest BCUT2D eigenvalue weighted by Gasteiger charge is -2.15. The van der Waals surface area contributed by atoms with Gasteiger partial charge in [-0.05, 0) is 29.8 Å². The van der Waals surface area contributed by atoms with Gasteiger partial charge >= 0.3 is 6.18 Å². The third-order valence-electron chi connectivity index (χ3n) is 3.94. The fourth-order valence-corrected chi connectivity index (χ4v) is 2.84. The first-order valence-corrected chi connectivity index (χ1v) is 7.28. The van der Waals surface area contributed by atoms with E-state index in [2.05, 4.69) is 0 Å². The van der Waals surface area contributed by atoms with E-state index in [0.29, 0.717) is 17.7 Å². The van der Waals surface area contributed by atoms with Gasteiger partial charge in [0, 0.05) is 24.1 Å². The highest BCUT2D eigenvalue weighted by Gasteiger charge is 2.35. The zero-order valence-electron chi connectivity index (χ0n) is 12.8. The Morgan fingerprint density at radius 1 is 1.25 bits per heavy atom. The van der Waals surface area contributed by atoms with Gasteiger partial charge < -0.3 is 15.2 Å². The maximum absolute atomic E-state index is 13.9. The number of ether oxygens (including phenoxy) is 2. The maximum atomic E-state index is 13.9. The van der Waals surface area contributed by atoms with Gasteiger partial charge in [-0.25, -0.2) is 4.39 Å². The van der Waals surface area contributed by atoms with Crippen LogP contribution < -0.4 is 15.2 Å². The molecule has 0 saturated carbocycles. The molecule has 0 bridgehead atoms. The van der Waals surface area contributed by atoms with Crippen molar-refractivity contribution in [3.05, 3.63) is 47.3 Å². The normalized spacial score (nSPS) is 16.7. The Morgan fingerprint density at radius 3 is 2.62 bits per heavy atom. The van der Waals surface area contributed by atoms with Gasteiger partial charge in [0.25, 0.3) is 0 Å². The predicted molar refractivity (Wildman–Crippen MR) is 80.6 cm³/mol. The minimum absolute atomic E-state index is 0.205. The second kappa shape index (κ2) is 5.98.